The zero-order valence-electron chi connectivity index (χ0n) is 15.1. The van der Waals surface area contributed by atoms with E-state index < -0.39 is 0 Å². The highest BCUT2D eigenvalue weighted by atomic mass is 35.5. The van der Waals surface area contributed by atoms with Gasteiger partial charge >= 0.3 is 0 Å². The molecule has 2 aliphatic heterocycles. The summed E-state index contributed by atoms with van der Waals surface area (Å²) in [6, 6.07) is 5.33. The largest absolute Gasteiger partial charge is 0.342 e. The van der Waals surface area contributed by atoms with E-state index in [0.29, 0.717) is 29.7 Å². The average molecular weight is 433 g/mol. The zero-order valence-corrected chi connectivity index (χ0v) is 17.4. The number of nitrogens with zero attached hydrogens (tertiary/aromatic N) is 3. The maximum Gasteiger partial charge on any atom is 0.246 e. The molecule has 0 bridgehead atoms. The van der Waals surface area contributed by atoms with E-state index in [0.717, 1.165) is 44.6 Å². The van der Waals surface area contributed by atoms with E-state index in [1.54, 1.807) is 23.1 Å². The minimum absolute atomic E-state index is 0. The lowest BCUT2D eigenvalue weighted by molar-refractivity contribution is -0.132. The molecule has 2 aliphatic rings. The smallest absolute Gasteiger partial charge is 0.246 e. The first-order chi connectivity index (χ1) is 12.5. The summed E-state index contributed by atoms with van der Waals surface area (Å²) in [4.78, 5) is 30.5. The summed E-state index contributed by atoms with van der Waals surface area (Å²) in [5.41, 5.74) is 0.724. The third kappa shape index (κ3) is 5.85. The summed E-state index contributed by atoms with van der Waals surface area (Å²) < 4.78 is 0. The molecular formula is C19H24Cl3N3O2. The molecule has 0 spiro atoms. The lowest BCUT2D eigenvalue weighted by atomic mass is 10.2. The van der Waals surface area contributed by atoms with Crippen LogP contribution in [-0.2, 0) is 9.59 Å². The molecule has 0 aromatic heterocycles. The van der Waals surface area contributed by atoms with Crippen molar-refractivity contribution in [1.29, 1.82) is 0 Å². The second-order valence-electron chi connectivity index (χ2n) is 6.67. The van der Waals surface area contributed by atoms with Gasteiger partial charge in [-0.15, -0.1) is 12.4 Å². The minimum atomic E-state index is -0.0495. The van der Waals surface area contributed by atoms with Crippen molar-refractivity contribution in [2.75, 3.05) is 45.8 Å². The number of amides is 2. The highest BCUT2D eigenvalue weighted by Gasteiger charge is 2.24. The fourth-order valence-corrected chi connectivity index (χ4v) is 3.67. The lowest BCUT2D eigenvalue weighted by Crippen LogP contribution is -2.51. The van der Waals surface area contributed by atoms with Crippen LogP contribution in [0.25, 0.3) is 6.08 Å². The standard InChI is InChI=1S/C19H23Cl2N3O2.ClH/c20-16-5-3-4-15(19(16)21)6-7-17(25)24-12-10-22(11-13-24)14-18(26)23-8-1-2-9-23;/h3-7H,1-2,8-14H2;1H. The van der Waals surface area contributed by atoms with Crippen LogP contribution in [0.1, 0.15) is 18.4 Å². The first-order valence-electron chi connectivity index (χ1n) is 8.96. The second-order valence-corrected chi connectivity index (χ2v) is 7.45. The molecule has 2 saturated heterocycles. The SMILES string of the molecule is Cl.O=C(C=Cc1cccc(Cl)c1Cl)N1CCN(CC(=O)N2CCCC2)CC1. The third-order valence-electron chi connectivity index (χ3n) is 4.89. The summed E-state index contributed by atoms with van der Waals surface area (Å²) in [6.45, 7) is 4.91. The molecule has 2 amide bonds. The number of hydrogen-bond acceptors (Lipinski definition) is 3. The summed E-state index contributed by atoms with van der Waals surface area (Å²) in [5.74, 6) is 0.157. The van der Waals surface area contributed by atoms with Gasteiger partial charge in [-0.1, -0.05) is 35.3 Å². The Bertz CT molecular complexity index is 697. The predicted octanol–water partition coefficient (Wildman–Crippen LogP) is 3.20. The molecule has 0 atom stereocenters. The van der Waals surface area contributed by atoms with Crippen molar-refractivity contribution in [3.05, 3.63) is 39.9 Å². The first kappa shape index (κ1) is 22.0. The molecular weight excluding hydrogens is 409 g/mol. The van der Waals surface area contributed by atoms with Gasteiger partial charge in [0, 0.05) is 45.3 Å². The van der Waals surface area contributed by atoms with Crippen molar-refractivity contribution in [3.8, 4) is 0 Å². The third-order valence-corrected chi connectivity index (χ3v) is 5.72. The molecule has 148 valence electrons. The number of rotatable bonds is 4. The maximum atomic E-state index is 12.4. The first-order valence-corrected chi connectivity index (χ1v) is 9.71. The highest BCUT2D eigenvalue weighted by Crippen LogP contribution is 2.26. The van der Waals surface area contributed by atoms with Crippen LogP contribution in [0.3, 0.4) is 0 Å². The Morgan fingerprint density at radius 2 is 1.63 bits per heavy atom. The van der Waals surface area contributed by atoms with E-state index >= 15 is 0 Å². The van der Waals surface area contributed by atoms with Gasteiger partial charge < -0.3 is 9.80 Å². The normalized spacial score (nSPS) is 18.0. The lowest BCUT2D eigenvalue weighted by Gasteiger charge is -2.34. The van der Waals surface area contributed by atoms with Gasteiger partial charge in [-0.05, 0) is 30.5 Å². The molecule has 2 fully saturated rings. The molecule has 27 heavy (non-hydrogen) atoms. The van der Waals surface area contributed by atoms with Crippen LogP contribution in [-0.4, -0.2) is 72.3 Å². The number of hydrogen-bond donors (Lipinski definition) is 0. The zero-order chi connectivity index (χ0) is 18.5. The van der Waals surface area contributed by atoms with Crippen LogP contribution in [0.4, 0.5) is 0 Å². The number of piperazine rings is 1. The van der Waals surface area contributed by atoms with Gasteiger partial charge in [-0.25, -0.2) is 0 Å². The summed E-state index contributed by atoms with van der Waals surface area (Å²) in [6.07, 6.45) is 5.44. The van der Waals surface area contributed by atoms with Crippen LogP contribution in [0.5, 0.6) is 0 Å². The molecule has 0 N–H and O–H groups in total. The van der Waals surface area contributed by atoms with Crippen molar-refractivity contribution in [2.45, 2.75) is 12.8 Å². The van der Waals surface area contributed by atoms with Gasteiger partial charge in [0.1, 0.15) is 0 Å². The highest BCUT2D eigenvalue weighted by molar-refractivity contribution is 6.42. The molecule has 1 aromatic rings. The van der Waals surface area contributed by atoms with Gasteiger partial charge in [-0.2, -0.15) is 0 Å². The van der Waals surface area contributed by atoms with Gasteiger partial charge in [0.15, 0.2) is 0 Å². The molecule has 1 aromatic carbocycles. The minimum Gasteiger partial charge on any atom is -0.342 e. The van der Waals surface area contributed by atoms with Gasteiger partial charge in [0.25, 0.3) is 0 Å². The Labute approximate surface area is 176 Å². The van der Waals surface area contributed by atoms with Crippen LogP contribution in [0.15, 0.2) is 24.3 Å². The molecule has 3 rings (SSSR count). The molecule has 0 saturated carbocycles. The number of carbonyl (C=O) groups excluding carboxylic acids is 2. The average Bonchev–Trinajstić information content (AvgIpc) is 3.18. The number of benzene rings is 1. The predicted molar refractivity (Wildman–Crippen MR) is 112 cm³/mol. The Balaban J connectivity index is 0.00000261. The van der Waals surface area contributed by atoms with Crippen molar-refractivity contribution < 1.29 is 9.59 Å². The molecule has 0 unspecified atom stereocenters. The van der Waals surface area contributed by atoms with Crippen molar-refractivity contribution >= 4 is 53.5 Å². The van der Waals surface area contributed by atoms with Gasteiger partial charge in [0.2, 0.25) is 11.8 Å². The van der Waals surface area contributed by atoms with Crippen LogP contribution in [0, 0.1) is 0 Å². The van der Waals surface area contributed by atoms with Gasteiger partial charge in [0.05, 0.1) is 16.6 Å². The van der Waals surface area contributed by atoms with Crippen LogP contribution < -0.4 is 0 Å². The van der Waals surface area contributed by atoms with E-state index in [-0.39, 0.29) is 24.2 Å². The Morgan fingerprint density at radius 1 is 0.963 bits per heavy atom. The number of likely N-dealkylation sites (tertiary alicyclic amines) is 1. The summed E-state index contributed by atoms with van der Waals surface area (Å²) >= 11 is 12.1. The van der Waals surface area contributed by atoms with E-state index in [4.69, 9.17) is 23.2 Å². The maximum absolute atomic E-state index is 12.4. The topological polar surface area (TPSA) is 43.9 Å². The monoisotopic (exact) mass is 431 g/mol. The Morgan fingerprint density at radius 3 is 2.30 bits per heavy atom. The summed E-state index contributed by atoms with van der Waals surface area (Å²) in [7, 11) is 0. The fourth-order valence-electron chi connectivity index (χ4n) is 3.30. The molecule has 0 radical (unpaired) electrons. The van der Waals surface area contributed by atoms with Crippen LogP contribution >= 0.6 is 35.6 Å². The molecule has 5 nitrogen and oxygen atoms in total. The molecule has 0 aliphatic carbocycles. The van der Waals surface area contributed by atoms with Crippen molar-refractivity contribution in [3.63, 3.8) is 0 Å². The number of carbonyl (C=O) groups is 2. The summed E-state index contributed by atoms with van der Waals surface area (Å²) in [5, 5.41) is 0.918. The molecule has 8 heteroatoms. The van der Waals surface area contributed by atoms with E-state index in [1.807, 2.05) is 11.0 Å². The van der Waals surface area contributed by atoms with Gasteiger partial charge in [-0.3, -0.25) is 14.5 Å². The molecule has 2 heterocycles. The number of halogens is 3. The van der Waals surface area contributed by atoms with Crippen LogP contribution in [0.2, 0.25) is 10.0 Å². The van der Waals surface area contributed by atoms with E-state index in [2.05, 4.69) is 4.90 Å². The van der Waals surface area contributed by atoms with Crippen molar-refractivity contribution in [1.82, 2.24) is 14.7 Å². The van der Waals surface area contributed by atoms with E-state index in [9.17, 15) is 9.59 Å². The fraction of sp³-hybridized carbons (Fsp3) is 0.474. The Hall–Kier alpha value is -1.27. The quantitative estimate of drug-likeness (QED) is 0.686. The van der Waals surface area contributed by atoms with Crippen molar-refractivity contribution in [2.24, 2.45) is 0 Å². The van der Waals surface area contributed by atoms with E-state index in [1.165, 1.54) is 6.08 Å². The Kier molecular flexibility index (Phi) is 8.42. The second kappa shape index (κ2) is 10.3.